The van der Waals surface area contributed by atoms with Crippen molar-refractivity contribution in [2.24, 2.45) is 0 Å². The lowest BCUT2D eigenvalue weighted by molar-refractivity contribution is -0.128. The Morgan fingerprint density at radius 1 is 0.967 bits per heavy atom. The molecule has 0 saturated carbocycles. The van der Waals surface area contributed by atoms with E-state index >= 15 is 0 Å². The summed E-state index contributed by atoms with van der Waals surface area (Å²) in [6, 6.07) is 14.9. The highest BCUT2D eigenvalue weighted by Gasteiger charge is 2.19. The van der Waals surface area contributed by atoms with Crippen LogP contribution < -0.4 is 20.5 Å². The van der Waals surface area contributed by atoms with E-state index in [4.69, 9.17) is 4.74 Å². The summed E-state index contributed by atoms with van der Waals surface area (Å²) in [6.45, 7) is 3.42. The molecule has 30 heavy (non-hydrogen) atoms. The molecule has 2 aromatic carbocycles. The van der Waals surface area contributed by atoms with Gasteiger partial charge in [-0.15, -0.1) is 0 Å². The predicted molar refractivity (Wildman–Crippen MR) is 114 cm³/mol. The number of ketones is 1. The van der Waals surface area contributed by atoms with Gasteiger partial charge in [-0.1, -0.05) is 18.2 Å². The predicted octanol–water partition coefficient (Wildman–Crippen LogP) is 2.65. The molecule has 1 heterocycles. The Hall–Kier alpha value is -3.35. The molecule has 1 aliphatic heterocycles. The first-order chi connectivity index (χ1) is 14.6. The Balaban J connectivity index is 1.40. The number of nitrogens with one attached hydrogen (secondary N) is 2. The molecule has 0 fully saturated rings. The Kier molecular flexibility index (Phi) is 7.43. The molecule has 0 atom stereocenters. The molecule has 0 aromatic heterocycles. The molecule has 2 amide bonds. The molecule has 1 aliphatic rings. The zero-order valence-corrected chi connectivity index (χ0v) is 17.1. The van der Waals surface area contributed by atoms with Crippen molar-refractivity contribution in [2.75, 3.05) is 24.6 Å². The zero-order valence-electron chi connectivity index (χ0n) is 17.1. The Labute approximate surface area is 176 Å². The monoisotopic (exact) mass is 409 g/mol. The van der Waals surface area contributed by atoms with Crippen LogP contribution in [-0.4, -0.2) is 37.3 Å². The van der Waals surface area contributed by atoms with Gasteiger partial charge in [0.1, 0.15) is 5.75 Å². The number of carbonyl (C=O) groups is 3. The fourth-order valence-electron chi connectivity index (χ4n) is 3.47. The highest BCUT2D eigenvalue weighted by atomic mass is 16.5. The first-order valence-corrected chi connectivity index (χ1v) is 10.2. The highest BCUT2D eigenvalue weighted by Crippen LogP contribution is 2.26. The lowest BCUT2D eigenvalue weighted by Crippen LogP contribution is -2.47. The topological polar surface area (TPSA) is 87.7 Å². The van der Waals surface area contributed by atoms with Crippen LogP contribution in [0.3, 0.4) is 0 Å². The molecule has 7 nitrogen and oxygen atoms in total. The number of ether oxygens (including phenoxy) is 1. The molecule has 0 spiro atoms. The van der Waals surface area contributed by atoms with Gasteiger partial charge in [0.2, 0.25) is 5.91 Å². The maximum Gasteiger partial charge on any atom is 0.257 e. The summed E-state index contributed by atoms with van der Waals surface area (Å²) in [6.07, 6.45) is 2.06. The van der Waals surface area contributed by atoms with Gasteiger partial charge in [-0.3, -0.25) is 25.2 Å². The van der Waals surface area contributed by atoms with Crippen LogP contribution in [0.25, 0.3) is 0 Å². The molecular weight excluding hydrogens is 382 g/mol. The van der Waals surface area contributed by atoms with E-state index in [2.05, 4.69) is 16.9 Å². The Morgan fingerprint density at radius 2 is 1.70 bits per heavy atom. The van der Waals surface area contributed by atoms with Gasteiger partial charge in [0, 0.05) is 30.6 Å². The van der Waals surface area contributed by atoms with Crippen molar-refractivity contribution in [1.29, 1.82) is 0 Å². The second kappa shape index (κ2) is 10.4. The van der Waals surface area contributed by atoms with Crippen LogP contribution in [0, 0.1) is 0 Å². The number of Topliss-reactive ketones (excluding diaryl/α,β-unsaturated/α-hetero) is 1. The third-order valence-electron chi connectivity index (χ3n) is 4.95. The summed E-state index contributed by atoms with van der Waals surface area (Å²) in [5.74, 6) is -0.130. The third kappa shape index (κ3) is 5.83. The molecule has 0 radical (unpaired) electrons. The Bertz CT molecular complexity index is 896. The number of fused-ring (bicyclic) bond motifs is 1. The smallest absolute Gasteiger partial charge is 0.257 e. The number of hydrazine groups is 1. The average Bonchev–Trinajstić information content (AvgIpc) is 2.77. The van der Waals surface area contributed by atoms with Crippen LogP contribution in [-0.2, 0) is 16.0 Å². The van der Waals surface area contributed by atoms with E-state index in [0.717, 1.165) is 25.1 Å². The number of carbonyl (C=O) groups excluding carboxylic acids is 3. The fraction of sp³-hybridized carbons (Fsp3) is 0.348. The van der Waals surface area contributed by atoms with Gasteiger partial charge in [-0.2, -0.15) is 0 Å². The minimum absolute atomic E-state index is 0.00112. The van der Waals surface area contributed by atoms with Crippen molar-refractivity contribution in [3.63, 3.8) is 0 Å². The van der Waals surface area contributed by atoms with Gasteiger partial charge in [-0.05, 0) is 55.7 Å². The molecule has 0 aliphatic carbocycles. The van der Waals surface area contributed by atoms with Crippen LogP contribution in [0.4, 0.5) is 5.69 Å². The lowest BCUT2D eigenvalue weighted by Gasteiger charge is -2.30. The number of hydrogen-bond acceptors (Lipinski definition) is 5. The van der Waals surface area contributed by atoms with E-state index in [1.807, 2.05) is 30.0 Å². The maximum atomic E-state index is 12.2. The van der Waals surface area contributed by atoms with Gasteiger partial charge in [-0.25, -0.2) is 0 Å². The van der Waals surface area contributed by atoms with Crippen molar-refractivity contribution in [2.45, 2.75) is 32.6 Å². The number of para-hydroxylation sites is 1. The first-order valence-electron chi connectivity index (χ1n) is 10.2. The number of aryl methyl sites for hydroxylation is 1. The summed E-state index contributed by atoms with van der Waals surface area (Å²) in [4.78, 5) is 38.5. The van der Waals surface area contributed by atoms with E-state index in [9.17, 15) is 14.4 Å². The SMILES string of the molecule is CCOc1ccc(C(=O)CCC(=O)NNC(=O)CN2CCCc3ccccc32)cc1. The van der Waals surface area contributed by atoms with Crippen LogP contribution >= 0.6 is 0 Å². The third-order valence-corrected chi connectivity index (χ3v) is 4.95. The molecular formula is C23H27N3O4. The summed E-state index contributed by atoms with van der Waals surface area (Å²) in [5.41, 5.74) is 7.65. The first kappa shape index (κ1) is 21.4. The van der Waals surface area contributed by atoms with Crippen LogP contribution in [0.2, 0.25) is 0 Å². The van der Waals surface area contributed by atoms with E-state index < -0.39 is 5.91 Å². The van der Waals surface area contributed by atoms with E-state index in [1.54, 1.807) is 24.3 Å². The van der Waals surface area contributed by atoms with Gasteiger partial charge in [0.15, 0.2) is 5.78 Å². The van der Waals surface area contributed by atoms with Crippen molar-refractivity contribution < 1.29 is 19.1 Å². The van der Waals surface area contributed by atoms with Crippen molar-refractivity contribution >= 4 is 23.3 Å². The number of benzene rings is 2. The molecule has 0 unspecified atom stereocenters. The van der Waals surface area contributed by atoms with Gasteiger partial charge < -0.3 is 9.64 Å². The van der Waals surface area contributed by atoms with E-state index in [1.165, 1.54) is 5.56 Å². The number of nitrogens with zero attached hydrogens (tertiary/aromatic N) is 1. The molecule has 3 rings (SSSR count). The number of amides is 2. The minimum atomic E-state index is -0.401. The maximum absolute atomic E-state index is 12.2. The molecule has 2 N–H and O–H groups in total. The Morgan fingerprint density at radius 3 is 2.47 bits per heavy atom. The van der Waals surface area contributed by atoms with Gasteiger partial charge in [0.25, 0.3) is 5.91 Å². The summed E-state index contributed by atoms with van der Waals surface area (Å²) in [7, 11) is 0. The number of rotatable bonds is 8. The molecule has 2 aromatic rings. The van der Waals surface area contributed by atoms with Crippen molar-refractivity contribution in [1.82, 2.24) is 10.9 Å². The number of anilines is 1. The summed E-state index contributed by atoms with van der Waals surface area (Å²) in [5, 5.41) is 0. The minimum Gasteiger partial charge on any atom is -0.494 e. The van der Waals surface area contributed by atoms with Crippen molar-refractivity contribution in [3.8, 4) is 5.75 Å². The second-order valence-corrected chi connectivity index (χ2v) is 7.13. The highest BCUT2D eigenvalue weighted by molar-refractivity contribution is 5.98. The van der Waals surface area contributed by atoms with Gasteiger partial charge in [0.05, 0.1) is 13.2 Å². The van der Waals surface area contributed by atoms with E-state index in [0.29, 0.717) is 17.9 Å². The largest absolute Gasteiger partial charge is 0.494 e. The molecule has 0 bridgehead atoms. The summed E-state index contributed by atoms with van der Waals surface area (Å²) < 4.78 is 5.35. The van der Waals surface area contributed by atoms with Gasteiger partial charge >= 0.3 is 0 Å². The second-order valence-electron chi connectivity index (χ2n) is 7.13. The van der Waals surface area contributed by atoms with Crippen molar-refractivity contribution in [3.05, 3.63) is 59.7 Å². The fourth-order valence-corrected chi connectivity index (χ4v) is 3.47. The van der Waals surface area contributed by atoms with E-state index in [-0.39, 0.29) is 31.1 Å². The summed E-state index contributed by atoms with van der Waals surface area (Å²) >= 11 is 0. The van der Waals surface area contributed by atoms with Crippen LogP contribution in [0.5, 0.6) is 5.75 Å². The van der Waals surface area contributed by atoms with Crippen LogP contribution in [0.1, 0.15) is 42.1 Å². The van der Waals surface area contributed by atoms with Crippen LogP contribution in [0.15, 0.2) is 48.5 Å². The average molecular weight is 409 g/mol. The normalized spacial score (nSPS) is 12.6. The molecule has 158 valence electrons. The number of hydrogen-bond donors (Lipinski definition) is 2. The molecule has 7 heteroatoms. The lowest BCUT2D eigenvalue weighted by atomic mass is 10.0. The standard InChI is InChI=1S/C23H27N3O4/c1-2-30-19-11-9-18(10-12-19)21(27)13-14-22(28)24-25-23(29)16-26-15-5-7-17-6-3-4-8-20(17)26/h3-4,6,8-12H,2,5,7,13-16H2,1H3,(H,24,28)(H,25,29). The zero-order chi connectivity index (χ0) is 21.3. The quantitative estimate of drug-likeness (QED) is 0.517. The molecule has 0 saturated heterocycles.